The van der Waals surface area contributed by atoms with Crippen molar-refractivity contribution in [1.29, 1.82) is 0 Å². The van der Waals surface area contributed by atoms with Gasteiger partial charge in [0.05, 0.1) is 12.1 Å². The molecule has 4 N–H and O–H groups in total. The second-order valence-corrected chi connectivity index (χ2v) is 9.57. The fourth-order valence-electron chi connectivity index (χ4n) is 3.94. The molecule has 1 amide bonds. The van der Waals surface area contributed by atoms with E-state index in [9.17, 15) is 41.0 Å². The number of hydrogen-bond acceptors (Lipinski definition) is 8. The molecule has 11 nitrogen and oxygen atoms in total. The van der Waals surface area contributed by atoms with Crippen LogP contribution in [0.5, 0.6) is 0 Å². The molecule has 2 aromatic heterocycles. The maximum atomic E-state index is 13.4. The lowest BCUT2D eigenvalue weighted by molar-refractivity contribution is -0.207. The van der Waals surface area contributed by atoms with Crippen molar-refractivity contribution in [3.63, 3.8) is 0 Å². The van der Waals surface area contributed by atoms with Crippen molar-refractivity contribution >= 4 is 23.5 Å². The van der Waals surface area contributed by atoms with Gasteiger partial charge in [-0.3, -0.25) is 9.36 Å². The normalized spacial score (nSPS) is 14.4. The number of aromatic nitrogens is 5. The van der Waals surface area contributed by atoms with Crippen LogP contribution in [0.3, 0.4) is 0 Å². The van der Waals surface area contributed by atoms with E-state index >= 15 is 0 Å². The first-order valence-electron chi connectivity index (χ1n) is 11.8. The SMILES string of the molecule is C[C@](NC(=O)Cn1nc(-c2ccc(Cl)cc2)n(C[C@H](O)C(F)(F)F)c1=O)(c1cccc(C(F)(F)F)c1)c1nnc(N)o1. The molecule has 2 aromatic carbocycles. The van der Waals surface area contributed by atoms with Gasteiger partial charge in [0.1, 0.15) is 12.1 Å². The van der Waals surface area contributed by atoms with Crippen LogP contribution in [0.1, 0.15) is 23.9 Å². The second-order valence-electron chi connectivity index (χ2n) is 9.14. The van der Waals surface area contributed by atoms with Crippen LogP contribution in [0, 0.1) is 0 Å². The van der Waals surface area contributed by atoms with E-state index < -0.39 is 66.2 Å². The summed E-state index contributed by atoms with van der Waals surface area (Å²) in [6.45, 7) is -0.911. The topological polar surface area (TPSA) is 154 Å². The zero-order chi connectivity index (χ0) is 31.0. The molecule has 18 heteroatoms. The number of carbonyl (C=O) groups excluding carboxylic acids is 1. The Bertz CT molecular complexity index is 1650. The average molecular weight is 620 g/mol. The first kappa shape index (κ1) is 30.6. The second kappa shape index (κ2) is 11.1. The Morgan fingerprint density at radius 3 is 2.31 bits per heavy atom. The molecule has 2 heterocycles. The summed E-state index contributed by atoms with van der Waals surface area (Å²) in [7, 11) is 0. The fraction of sp³-hybridized carbons (Fsp3) is 0.292. The lowest BCUT2D eigenvalue weighted by atomic mass is 9.90. The number of aliphatic hydroxyl groups is 1. The Balaban J connectivity index is 1.72. The van der Waals surface area contributed by atoms with Crippen molar-refractivity contribution in [2.45, 2.75) is 44.0 Å². The molecule has 4 aromatic rings. The number of halogens is 7. The van der Waals surface area contributed by atoms with Crippen molar-refractivity contribution in [2.75, 3.05) is 5.73 Å². The summed E-state index contributed by atoms with van der Waals surface area (Å²) >= 11 is 5.86. The number of carbonyl (C=O) groups is 1. The van der Waals surface area contributed by atoms with Gasteiger partial charge in [-0.1, -0.05) is 28.8 Å². The molecule has 0 saturated carbocycles. The van der Waals surface area contributed by atoms with E-state index in [1.807, 2.05) is 0 Å². The van der Waals surface area contributed by atoms with Gasteiger partial charge < -0.3 is 20.6 Å². The van der Waals surface area contributed by atoms with Crippen LogP contribution in [0.2, 0.25) is 5.02 Å². The van der Waals surface area contributed by atoms with Crippen LogP contribution >= 0.6 is 11.6 Å². The van der Waals surface area contributed by atoms with Gasteiger partial charge in [0.2, 0.25) is 11.8 Å². The zero-order valence-electron chi connectivity index (χ0n) is 21.2. The maximum Gasteiger partial charge on any atom is 0.416 e. The van der Waals surface area contributed by atoms with Crippen molar-refractivity contribution in [3.8, 4) is 11.4 Å². The number of nitrogens with two attached hydrogens (primary N) is 1. The van der Waals surface area contributed by atoms with Crippen molar-refractivity contribution in [1.82, 2.24) is 29.9 Å². The van der Waals surface area contributed by atoms with Gasteiger partial charge in [-0.05, 0) is 48.9 Å². The van der Waals surface area contributed by atoms with Crippen molar-refractivity contribution in [3.05, 3.63) is 81.1 Å². The van der Waals surface area contributed by atoms with E-state index in [4.69, 9.17) is 21.8 Å². The van der Waals surface area contributed by atoms with Gasteiger partial charge in [0.15, 0.2) is 11.9 Å². The third-order valence-electron chi connectivity index (χ3n) is 6.08. The van der Waals surface area contributed by atoms with Gasteiger partial charge in [0.25, 0.3) is 0 Å². The highest BCUT2D eigenvalue weighted by molar-refractivity contribution is 6.30. The van der Waals surface area contributed by atoms with E-state index in [1.54, 1.807) is 0 Å². The maximum absolute atomic E-state index is 13.4. The summed E-state index contributed by atoms with van der Waals surface area (Å²) in [5, 5.41) is 23.5. The number of hydrogen-bond donors (Lipinski definition) is 3. The minimum atomic E-state index is -5.07. The van der Waals surface area contributed by atoms with Gasteiger partial charge >= 0.3 is 24.1 Å². The molecule has 0 aliphatic carbocycles. The number of aliphatic hydroxyl groups excluding tert-OH is 1. The molecule has 0 bridgehead atoms. The van der Waals surface area contributed by atoms with E-state index in [-0.39, 0.29) is 22.0 Å². The number of rotatable bonds is 8. The monoisotopic (exact) mass is 619 g/mol. The zero-order valence-corrected chi connectivity index (χ0v) is 22.0. The molecule has 0 unspecified atom stereocenters. The standard InChI is InChI=1S/C24H20ClF6N7O4/c1-22(19-34-35-20(32)42-19,13-3-2-4-14(9-13)23(26,27)28)33-17(40)11-38-21(41)37(10-16(39)24(29,30)31)18(36-38)12-5-7-15(25)8-6-12/h2-9,16,39H,10-11H2,1H3,(H2,32,35)(H,33,40)/t16-,22-/m0/s1. The van der Waals surface area contributed by atoms with Crippen molar-refractivity contribution < 1.29 is 40.7 Å². The third-order valence-corrected chi connectivity index (χ3v) is 6.33. The molecule has 42 heavy (non-hydrogen) atoms. The first-order chi connectivity index (χ1) is 19.5. The quantitative estimate of drug-likeness (QED) is 0.254. The van der Waals surface area contributed by atoms with Crippen LogP contribution in [0.15, 0.2) is 57.7 Å². The van der Waals surface area contributed by atoms with Gasteiger partial charge in [-0.15, -0.1) is 10.2 Å². The predicted molar refractivity (Wildman–Crippen MR) is 134 cm³/mol. The van der Waals surface area contributed by atoms with Crippen LogP contribution < -0.4 is 16.7 Å². The van der Waals surface area contributed by atoms with E-state index in [0.29, 0.717) is 9.25 Å². The summed E-state index contributed by atoms with van der Waals surface area (Å²) in [6.07, 6.45) is -12.8. The highest BCUT2D eigenvalue weighted by Gasteiger charge is 2.41. The van der Waals surface area contributed by atoms with Crippen LogP contribution in [-0.4, -0.2) is 47.8 Å². The van der Waals surface area contributed by atoms with E-state index in [0.717, 1.165) is 18.2 Å². The summed E-state index contributed by atoms with van der Waals surface area (Å²) in [5.41, 5.74) is 1.30. The summed E-state index contributed by atoms with van der Waals surface area (Å²) in [5.74, 6) is -1.75. The lowest BCUT2D eigenvalue weighted by Crippen LogP contribution is -2.47. The average Bonchev–Trinajstić information content (AvgIpc) is 3.47. The van der Waals surface area contributed by atoms with Crippen molar-refractivity contribution in [2.24, 2.45) is 0 Å². The molecule has 0 fully saturated rings. The molecule has 0 radical (unpaired) electrons. The number of nitrogen functional groups attached to an aromatic ring is 1. The summed E-state index contributed by atoms with van der Waals surface area (Å²) < 4.78 is 85.8. The largest absolute Gasteiger partial charge is 0.416 e. The van der Waals surface area contributed by atoms with E-state index in [1.165, 1.54) is 37.3 Å². The first-order valence-corrected chi connectivity index (χ1v) is 12.1. The number of nitrogens with one attached hydrogen (secondary N) is 1. The number of benzene rings is 2. The highest BCUT2D eigenvalue weighted by atomic mass is 35.5. The van der Waals surface area contributed by atoms with Gasteiger partial charge in [-0.25, -0.2) is 9.48 Å². The Kier molecular flexibility index (Phi) is 8.10. The summed E-state index contributed by atoms with van der Waals surface area (Å²) in [4.78, 5) is 26.3. The summed E-state index contributed by atoms with van der Waals surface area (Å²) in [6, 6.07) is 8.89. The third kappa shape index (κ3) is 6.41. The van der Waals surface area contributed by atoms with Crippen LogP contribution in [0.25, 0.3) is 11.4 Å². The minimum absolute atomic E-state index is 0.139. The Morgan fingerprint density at radius 2 is 1.74 bits per heavy atom. The molecule has 0 aliphatic rings. The Hall–Kier alpha value is -4.38. The van der Waals surface area contributed by atoms with Gasteiger partial charge in [-0.2, -0.15) is 26.3 Å². The molecule has 0 saturated heterocycles. The Morgan fingerprint density at radius 1 is 1.10 bits per heavy atom. The molecule has 4 rings (SSSR count). The molecule has 0 spiro atoms. The molecular formula is C24H20ClF6N7O4. The van der Waals surface area contributed by atoms with E-state index in [2.05, 4.69) is 20.6 Å². The predicted octanol–water partition coefficient (Wildman–Crippen LogP) is 3.35. The minimum Gasteiger partial charge on any atom is -0.405 e. The van der Waals surface area contributed by atoms with Crippen LogP contribution in [-0.2, 0) is 29.6 Å². The molecule has 2 atom stereocenters. The Labute approximate surface area is 236 Å². The molecule has 0 aliphatic heterocycles. The smallest absolute Gasteiger partial charge is 0.405 e. The highest BCUT2D eigenvalue weighted by Crippen LogP contribution is 2.35. The number of nitrogens with zero attached hydrogens (tertiary/aromatic N) is 5. The molecular weight excluding hydrogens is 600 g/mol. The fourth-order valence-corrected chi connectivity index (χ4v) is 4.07. The molecule has 224 valence electrons. The van der Waals surface area contributed by atoms with Crippen LogP contribution in [0.4, 0.5) is 32.4 Å². The number of alkyl halides is 6. The number of anilines is 1. The lowest BCUT2D eigenvalue weighted by Gasteiger charge is -2.28. The van der Waals surface area contributed by atoms with Gasteiger partial charge in [0, 0.05) is 10.6 Å². The number of amides is 1.